The third-order valence-electron chi connectivity index (χ3n) is 7.55. The number of benzene rings is 1. The van der Waals surface area contributed by atoms with E-state index >= 15 is 4.39 Å². The first-order valence-corrected chi connectivity index (χ1v) is 13.5. The molecule has 10 nitrogen and oxygen atoms in total. The van der Waals surface area contributed by atoms with Gasteiger partial charge in [0.1, 0.15) is 5.82 Å². The Labute approximate surface area is 239 Å². The van der Waals surface area contributed by atoms with Crippen LogP contribution >= 0.6 is 0 Å². The Balaban J connectivity index is 1.56. The molecule has 42 heavy (non-hydrogen) atoms. The number of nitrogens with one attached hydrogen (secondary N) is 2. The van der Waals surface area contributed by atoms with Crippen LogP contribution < -0.4 is 20.7 Å². The number of alkyl halides is 3. The zero-order valence-corrected chi connectivity index (χ0v) is 23.3. The van der Waals surface area contributed by atoms with Crippen LogP contribution in [0.15, 0.2) is 41.5 Å². The fraction of sp³-hybridized carbons (Fsp3) is 0.429. The van der Waals surface area contributed by atoms with E-state index in [4.69, 9.17) is 4.74 Å². The summed E-state index contributed by atoms with van der Waals surface area (Å²) in [6.07, 6.45) is -2.76. The maximum Gasteiger partial charge on any atom is 0.417 e. The Kier molecular flexibility index (Phi) is 8.19. The maximum absolute atomic E-state index is 15.8. The van der Waals surface area contributed by atoms with Crippen LogP contribution in [0.3, 0.4) is 0 Å². The van der Waals surface area contributed by atoms with Gasteiger partial charge in [0.15, 0.2) is 0 Å². The minimum Gasteiger partial charge on any atom is -0.375 e. The Morgan fingerprint density at radius 3 is 2.62 bits per heavy atom. The molecule has 1 aromatic carbocycles. The number of carbonyl (C=O) groups excluding carboxylic acids is 1. The van der Waals surface area contributed by atoms with Crippen molar-refractivity contribution in [1.82, 2.24) is 19.9 Å². The van der Waals surface area contributed by atoms with Crippen molar-refractivity contribution >= 4 is 23.2 Å². The number of nitrogens with zero attached hydrogens (tertiary/aromatic N) is 5. The van der Waals surface area contributed by atoms with Gasteiger partial charge in [-0.25, -0.2) is 14.4 Å². The van der Waals surface area contributed by atoms with Crippen LogP contribution in [-0.4, -0.2) is 84.3 Å². The van der Waals surface area contributed by atoms with Crippen molar-refractivity contribution in [1.29, 1.82) is 0 Å². The predicted molar refractivity (Wildman–Crippen MR) is 149 cm³/mol. The molecule has 2 aliphatic rings. The van der Waals surface area contributed by atoms with Crippen LogP contribution in [0.1, 0.15) is 29.8 Å². The molecule has 5 rings (SSSR count). The lowest BCUT2D eigenvalue weighted by Crippen LogP contribution is -2.50. The molecular weight excluding hydrogens is 558 g/mol. The summed E-state index contributed by atoms with van der Waals surface area (Å²) in [5.74, 6) is -1.34. The smallest absolute Gasteiger partial charge is 0.375 e. The van der Waals surface area contributed by atoms with Crippen LogP contribution in [0, 0.1) is 5.82 Å². The molecule has 0 spiro atoms. The number of carbonyl (C=O) groups is 1. The Morgan fingerprint density at radius 1 is 1.12 bits per heavy atom. The molecule has 14 heteroatoms. The highest BCUT2D eigenvalue weighted by Gasteiger charge is 2.36. The minimum absolute atomic E-state index is 0.0377. The Bertz CT molecular complexity index is 1530. The maximum atomic E-state index is 15.8. The molecule has 2 atom stereocenters. The van der Waals surface area contributed by atoms with Crippen LogP contribution in [0.4, 0.5) is 34.9 Å². The molecule has 0 radical (unpaired) electrons. The van der Waals surface area contributed by atoms with Crippen LogP contribution in [0.2, 0.25) is 0 Å². The number of piperazine rings is 1. The molecule has 2 N–H and O–H groups in total. The topological polar surface area (TPSA) is 107 Å². The van der Waals surface area contributed by atoms with Gasteiger partial charge in [-0.15, -0.1) is 0 Å². The van der Waals surface area contributed by atoms with Crippen molar-refractivity contribution in [2.75, 3.05) is 61.5 Å². The molecule has 2 saturated heterocycles. The Morgan fingerprint density at radius 2 is 1.90 bits per heavy atom. The molecule has 0 aliphatic carbocycles. The fourth-order valence-corrected chi connectivity index (χ4v) is 5.12. The summed E-state index contributed by atoms with van der Waals surface area (Å²) in [5, 5.41) is 2.55. The quantitative estimate of drug-likeness (QED) is 0.435. The van der Waals surface area contributed by atoms with Gasteiger partial charge in [0, 0.05) is 62.8 Å². The first-order chi connectivity index (χ1) is 19.9. The van der Waals surface area contributed by atoms with E-state index in [9.17, 15) is 22.8 Å². The predicted octanol–water partition coefficient (Wildman–Crippen LogP) is 3.61. The first-order valence-electron chi connectivity index (χ1n) is 13.5. The lowest BCUT2D eigenvalue weighted by molar-refractivity contribution is -0.138. The second-order valence-corrected chi connectivity index (χ2v) is 10.6. The van der Waals surface area contributed by atoms with Gasteiger partial charge in [-0.1, -0.05) is 0 Å². The SMILES string of the molecule is C[C@H]1CN(c2nccc(-c3cc(NC(=O)c4c[nH]c(=O)cc4C(F)(F)F)c(N4CCN(C)[C@@H](C)C4)cc3F)n2)CCO1. The number of anilines is 3. The van der Waals surface area contributed by atoms with E-state index in [1.54, 1.807) is 0 Å². The van der Waals surface area contributed by atoms with Crippen LogP contribution in [-0.2, 0) is 10.9 Å². The molecule has 4 heterocycles. The number of hydrogen-bond acceptors (Lipinski definition) is 8. The fourth-order valence-electron chi connectivity index (χ4n) is 5.12. The van der Waals surface area contributed by atoms with Gasteiger partial charge in [0.25, 0.3) is 5.91 Å². The molecule has 2 aromatic heterocycles. The highest BCUT2D eigenvalue weighted by Crippen LogP contribution is 2.36. The largest absolute Gasteiger partial charge is 0.417 e. The van der Waals surface area contributed by atoms with Crippen LogP contribution in [0.25, 0.3) is 11.3 Å². The van der Waals surface area contributed by atoms with Gasteiger partial charge in [-0.2, -0.15) is 13.2 Å². The summed E-state index contributed by atoms with van der Waals surface area (Å²) in [6, 6.07) is 4.60. The number of morpholine rings is 1. The summed E-state index contributed by atoms with van der Waals surface area (Å²) in [7, 11) is 1.96. The molecule has 224 valence electrons. The number of rotatable bonds is 5. The molecule has 2 aliphatic heterocycles. The second kappa shape index (κ2) is 11.7. The highest BCUT2D eigenvalue weighted by atomic mass is 19.4. The first kappa shape index (κ1) is 29.5. The van der Waals surface area contributed by atoms with Gasteiger partial charge in [0.2, 0.25) is 11.5 Å². The monoisotopic (exact) mass is 589 g/mol. The van der Waals surface area contributed by atoms with Crippen molar-refractivity contribution in [2.45, 2.75) is 32.2 Å². The zero-order valence-electron chi connectivity index (χ0n) is 23.3. The normalized spacial score (nSPS) is 20.1. The standard InChI is InChI=1S/C28H31F4N7O3/c1-16-14-38(7-6-37(16)3)24-12-21(29)18(22-4-5-33-27(36-22)39-8-9-42-17(2)15-39)10-23(24)35-26(41)19-13-34-25(40)11-20(19)28(30,31)32/h4-5,10-13,16-17H,6-9,14-15H2,1-3H3,(H,34,40)(H,35,41)/t16-,17-/m0/s1. The number of H-pyrrole nitrogens is 1. The number of likely N-dealkylation sites (N-methyl/N-ethyl adjacent to an activating group) is 1. The molecular formula is C28H31F4N7O3. The van der Waals surface area contributed by atoms with Gasteiger partial charge in [-0.3, -0.25) is 9.59 Å². The van der Waals surface area contributed by atoms with Crippen molar-refractivity contribution in [3.05, 3.63) is 64.0 Å². The van der Waals surface area contributed by atoms with Crippen molar-refractivity contribution in [3.63, 3.8) is 0 Å². The third kappa shape index (κ3) is 6.23. The summed E-state index contributed by atoms with van der Waals surface area (Å²) < 4.78 is 62.5. The average molecular weight is 590 g/mol. The molecule has 2 fully saturated rings. The molecule has 0 bridgehead atoms. The number of pyridine rings is 1. The minimum atomic E-state index is -4.95. The molecule has 0 saturated carbocycles. The highest BCUT2D eigenvalue weighted by molar-refractivity contribution is 6.07. The third-order valence-corrected chi connectivity index (χ3v) is 7.55. The van der Waals surface area contributed by atoms with E-state index in [-0.39, 0.29) is 29.1 Å². The van der Waals surface area contributed by atoms with Crippen molar-refractivity contribution < 1.29 is 27.1 Å². The number of aromatic nitrogens is 3. The number of aromatic amines is 1. The molecule has 3 aromatic rings. The lowest BCUT2D eigenvalue weighted by Gasteiger charge is -2.39. The van der Waals surface area contributed by atoms with Gasteiger partial charge in [-0.05, 0) is 39.1 Å². The van der Waals surface area contributed by atoms with E-state index in [0.717, 1.165) is 6.20 Å². The van der Waals surface area contributed by atoms with E-state index in [1.807, 2.05) is 30.7 Å². The van der Waals surface area contributed by atoms with Crippen molar-refractivity contribution in [3.8, 4) is 11.3 Å². The summed E-state index contributed by atoms with van der Waals surface area (Å²) >= 11 is 0. The summed E-state index contributed by atoms with van der Waals surface area (Å²) in [6.45, 7) is 7.17. The van der Waals surface area contributed by atoms with E-state index < -0.39 is 34.6 Å². The Hall–Kier alpha value is -4.04. The van der Waals surface area contributed by atoms with Gasteiger partial charge < -0.3 is 29.7 Å². The zero-order chi connectivity index (χ0) is 30.2. The van der Waals surface area contributed by atoms with Gasteiger partial charge in [0.05, 0.1) is 40.9 Å². The van der Waals surface area contributed by atoms with Crippen LogP contribution in [0.5, 0.6) is 0 Å². The van der Waals surface area contributed by atoms with Gasteiger partial charge >= 0.3 is 6.18 Å². The van der Waals surface area contributed by atoms with E-state index in [1.165, 1.54) is 24.4 Å². The average Bonchev–Trinajstić information content (AvgIpc) is 2.95. The summed E-state index contributed by atoms with van der Waals surface area (Å²) in [5.41, 5.74) is -2.43. The molecule has 0 unspecified atom stereocenters. The number of hydrogen-bond donors (Lipinski definition) is 2. The van der Waals surface area contributed by atoms with E-state index in [0.29, 0.717) is 57.0 Å². The molecule has 1 amide bonds. The lowest BCUT2D eigenvalue weighted by atomic mass is 10.1. The van der Waals surface area contributed by atoms with Crippen molar-refractivity contribution in [2.24, 2.45) is 0 Å². The summed E-state index contributed by atoms with van der Waals surface area (Å²) in [4.78, 5) is 41.8. The van der Waals surface area contributed by atoms with E-state index in [2.05, 4.69) is 25.2 Å². The second-order valence-electron chi connectivity index (χ2n) is 10.6. The number of halogens is 4. The number of amides is 1. The number of ether oxygens (including phenoxy) is 1.